The summed E-state index contributed by atoms with van der Waals surface area (Å²) in [5.41, 5.74) is 9.86. The molecule has 1 fully saturated rings. The molecule has 0 saturated heterocycles. The van der Waals surface area contributed by atoms with Crippen molar-refractivity contribution in [2.75, 3.05) is 0 Å². The van der Waals surface area contributed by atoms with Gasteiger partial charge in [0.15, 0.2) is 0 Å². The smallest absolute Gasteiger partial charge is 0.303 e. The number of hydrogen-bond donors (Lipinski definition) is 2. The van der Waals surface area contributed by atoms with Crippen LogP contribution >= 0.6 is 0 Å². The Bertz CT molecular complexity index is 535. The molecule has 1 aromatic rings. The number of nitrogens with two attached hydrogens (primary N) is 1. The lowest BCUT2D eigenvalue weighted by Crippen LogP contribution is -2.27. The minimum atomic E-state index is -0.702. The van der Waals surface area contributed by atoms with Gasteiger partial charge >= 0.3 is 5.97 Å². The van der Waals surface area contributed by atoms with Crippen LogP contribution in [0.3, 0.4) is 0 Å². The van der Waals surface area contributed by atoms with Crippen LogP contribution in [0.15, 0.2) is 18.2 Å². The van der Waals surface area contributed by atoms with E-state index in [9.17, 15) is 9.90 Å². The third kappa shape index (κ3) is 3.11. The highest BCUT2D eigenvalue weighted by molar-refractivity contribution is 5.67. The van der Waals surface area contributed by atoms with Crippen molar-refractivity contribution >= 4 is 5.97 Å². The van der Waals surface area contributed by atoms with Gasteiger partial charge in [-0.3, -0.25) is 4.79 Å². The number of carboxylic acids is 1. The number of fused-ring (bicyclic) bond motifs is 1. The van der Waals surface area contributed by atoms with E-state index in [-0.39, 0.29) is 17.9 Å². The predicted octanol–water partition coefficient (Wildman–Crippen LogP) is 3.14. The molecule has 0 radical (unpaired) electrons. The first-order chi connectivity index (χ1) is 10.1. The van der Waals surface area contributed by atoms with E-state index in [0.29, 0.717) is 13.2 Å². The highest BCUT2D eigenvalue weighted by atomic mass is 16.5. The number of rotatable bonds is 5. The summed E-state index contributed by atoms with van der Waals surface area (Å²) in [6, 6.07) is 6.21. The van der Waals surface area contributed by atoms with Crippen molar-refractivity contribution in [2.24, 2.45) is 11.1 Å². The molecule has 1 aliphatic heterocycles. The van der Waals surface area contributed by atoms with Crippen molar-refractivity contribution in [1.29, 1.82) is 0 Å². The van der Waals surface area contributed by atoms with Gasteiger partial charge < -0.3 is 15.6 Å². The van der Waals surface area contributed by atoms with E-state index < -0.39 is 5.97 Å². The van der Waals surface area contributed by atoms with Crippen LogP contribution in [0.25, 0.3) is 0 Å². The van der Waals surface area contributed by atoms with Gasteiger partial charge in [0.2, 0.25) is 0 Å². The second-order valence-electron chi connectivity index (χ2n) is 6.61. The standard InChI is InChI=1S/C17H23NO3/c18-15(8-17(9-16(19)20)5-1-2-6-17)12-3-4-13-10-21-11-14(13)7-12/h3-4,7,15H,1-2,5-6,8-11,18H2,(H,19,20). The highest BCUT2D eigenvalue weighted by Crippen LogP contribution is 2.46. The van der Waals surface area contributed by atoms with Gasteiger partial charge in [-0.1, -0.05) is 31.0 Å². The van der Waals surface area contributed by atoms with E-state index in [1.807, 2.05) is 0 Å². The number of ether oxygens (including phenoxy) is 1. The lowest BCUT2D eigenvalue weighted by Gasteiger charge is -2.30. The van der Waals surface area contributed by atoms with Gasteiger partial charge in [-0.25, -0.2) is 0 Å². The average Bonchev–Trinajstić information content (AvgIpc) is 3.06. The van der Waals surface area contributed by atoms with E-state index in [4.69, 9.17) is 10.5 Å². The van der Waals surface area contributed by atoms with Gasteiger partial charge in [-0.05, 0) is 41.4 Å². The van der Waals surface area contributed by atoms with Gasteiger partial charge in [0.05, 0.1) is 19.6 Å². The Kier molecular flexibility index (Phi) is 4.00. The molecule has 2 aliphatic rings. The van der Waals surface area contributed by atoms with Crippen LogP contribution in [0.1, 0.15) is 61.3 Å². The van der Waals surface area contributed by atoms with Gasteiger partial charge in [0, 0.05) is 6.04 Å². The molecule has 0 aromatic heterocycles. The first kappa shape index (κ1) is 14.5. The fraction of sp³-hybridized carbons (Fsp3) is 0.588. The quantitative estimate of drug-likeness (QED) is 0.873. The molecule has 0 spiro atoms. The first-order valence-corrected chi connectivity index (χ1v) is 7.75. The predicted molar refractivity (Wildman–Crippen MR) is 79.6 cm³/mol. The Morgan fingerprint density at radius 1 is 1.29 bits per heavy atom. The Morgan fingerprint density at radius 3 is 2.71 bits per heavy atom. The Labute approximate surface area is 125 Å². The zero-order valence-electron chi connectivity index (χ0n) is 12.3. The van der Waals surface area contributed by atoms with Gasteiger partial charge in [-0.15, -0.1) is 0 Å². The summed E-state index contributed by atoms with van der Waals surface area (Å²) in [5.74, 6) is -0.702. The molecular weight excluding hydrogens is 266 g/mol. The topological polar surface area (TPSA) is 72.6 Å². The molecule has 1 atom stereocenters. The highest BCUT2D eigenvalue weighted by Gasteiger charge is 2.37. The lowest BCUT2D eigenvalue weighted by molar-refractivity contribution is -0.139. The van der Waals surface area contributed by atoms with Crippen LogP contribution in [0, 0.1) is 5.41 Å². The van der Waals surface area contributed by atoms with E-state index in [2.05, 4.69) is 18.2 Å². The van der Waals surface area contributed by atoms with Crippen LogP contribution in [0.2, 0.25) is 0 Å². The van der Waals surface area contributed by atoms with Crippen molar-refractivity contribution in [2.45, 2.75) is 57.8 Å². The zero-order chi connectivity index (χ0) is 14.9. The fourth-order valence-electron chi connectivity index (χ4n) is 3.91. The van der Waals surface area contributed by atoms with E-state index >= 15 is 0 Å². The summed E-state index contributed by atoms with van der Waals surface area (Å²) in [5, 5.41) is 9.19. The molecule has 4 heteroatoms. The second kappa shape index (κ2) is 5.78. The van der Waals surface area contributed by atoms with Crippen LogP contribution in [-0.2, 0) is 22.7 Å². The number of benzene rings is 1. The zero-order valence-corrected chi connectivity index (χ0v) is 12.3. The monoisotopic (exact) mass is 289 g/mol. The molecular formula is C17H23NO3. The maximum absolute atomic E-state index is 11.2. The maximum atomic E-state index is 11.2. The van der Waals surface area contributed by atoms with Crippen molar-refractivity contribution in [1.82, 2.24) is 0 Å². The average molecular weight is 289 g/mol. The Balaban J connectivity index is 1.75. The second-order valence-corrected chi connectivity index (χ2v) is 6.61. The SMILES string of the molecule is NC(CC1(CC(=O)O)CCCC1)c1ccc2c(c1)COC2. The van der Waals surface area contributed by atoms with Crippen molar-refractivity contribution in [3.8, 4) is 0 Å². The number of carboxylic acid groups (broad SMARTS) is 1. The van der Waals surface area contributed by atoms with Gasteiger partial charge in [0.25, 0.3) is 0 Å². The van der Waals surface area contributed by atoms with Gasteiger partial charge in [-0.2, -0.15) is 0 Å². The molecule has 1 aliphatic carbocycles. The molecule has 21 heavy (non-hydrogen) atoms. The summed E-state index contributed by atoms with van der Waals surface area (Å²) in [6.45, 7) is 1.35. The third-order valence-electron chi connectivity index (χ3n) is 5.02. The van der Waals surface area contributed by atoms with Crippen molar-refractivity contribution in [3.63, 3.8) is 0 Å². The molecule has 3 N–H and O–H groups in total. The summed E-state index contributed by atoms with van der Waals surface area (Å²) < 4.78 is 5.44. The minimum absolute atomic E-state index is 0.0895. The molecule has 0 amide bonds. The number of aliphatic carboxylic acids is 1. The van der Waals surface area contributed by atoms with E-state index in [1.165, 1.54) is 11.1 Å². The number of carbonyl (C=O) groups is 1. The minimum Gasteiger partial charge on any atom is -0.481 e. The summed E-state index contributed by atoms with van der Waals surface area (Å²) >= 11 is 0. The Morgan fingerprint density at radius 2 is 2.00 bits per heavy atom. The molecule has 1 saturated carbocycles. The number of hydrogen-bond acceptors (Lipinski definition) is 3. The summed E-state index contributed by atoms with van der Waals surface area (Å²) in [6.07, 6.45) is 5.23. The third-order valence-corrected chi connectivity index (χ3v) is 5.02. The van der Waals surface area contributed by atoms with Crippen molar-refractivity contribution in [3.05, 3.63) is 34.9 Å². The van der Waals surface area contributed by atoms with Gasteiger partial charge in [0.1, 0.15) is 0 Å². The normalized spacial score (nSPS) is 21.2. The van der Waals surface area contributed by atoms with Crippen LogP contribution in [0.4, 0.5) is 0 Å². The molecule has 4 nitrogen and oxygen atoms in total. The first-order valence-electron chi connectivity index (χ1n) is 7.75. The summed E-state index contributed by atoms with van der Waals surface area (Å²) in [4.78, 5) is 11.2. The molecule has 114 valence electrons. The molecule has 1 unspecified atom stereocenters. The molecule has 3 rings (SSSR count). The lowest BCUT2D eigenvalue weighted by atomic mass is 9.76. The van der Waals surface area contributed by atoms with Crippen LogP contribution < -0.4 is 5.73 Å². The van der Waals surface area contributed by atoms with E-state index in [0.717, 1.165) is 37.7 Å². The molecule has 1 heterocycles. The van der Waals surface area contributed by atoms with Crippen LogP contribution in [-0.4, -0.2) is 11.1 Å². The van der Waals surface area contributed by atoms with E-state index in [1.54, 1.807) is 0 Å². The molecule has 0 bridgehead atoms. The Hall–Kier alpha value is -1.39. The summed E-state index contributed by atoms with van der Waals surface area (Å²) in [7, 11) is 0. The molecule has 1 aromatic carbocycles. The van der Waals surface area contributed by atoms with Crippen molar-refractivity contribution < 1.29 is 14.6 Å². The fourth-order valence-corrected chi connectivity index (χ4v) is 3.91. The maximum Gasteiger partial charge on any atom is 0.303 e. The van der Waals surface area contributed by atoms with Crippen LogP contribution in [0.5, 0.6) is 0 Å². The largest absolute Gasteiger partial charge is 0.481 e.